The molecular weight excluding hydrogens is 210 g/mol. The van der Waals surface area contributed by atoms with Gasteiger partial charge >= 0.3 is 11.9 Å². The second kappa shape index (κ2) is 7.22. The lowest BCUT2D eigenvalue weighted by Crippen LogP contribution is -2.47. The summed E-state index contributed by atoms with van der Waals surface area (Å²) in [5.74, 6) is -1.30. The Morgan fingerprint density at radius 1 is 1.38 bits per heavy atom. The van der Waals surface area contributed by atoms with Crippen molar-refractivity contribution in [2.45, 2.75) is 45.7 Å². The van der Waals surface area contributed by atoms with Crippen LogP contribution in [0.4, 0.5) is 0 Å². The molecule has 1 N–H and O–H groups in total. The van der Waals surface area contributed by atoms with Gasteiger partial charge < -0.3 is 9.84 Å². The lowest BCUT2D eigenvalue weighted by molar-refractivity contribution is -0.149. The summed E-state index contributed by atoms with van der Waals surface area (Å²) >= 11 is 0. The average Bonchev–Trinajstić information content (AvgIpc) is 2.22. The minimum atomic E-state index is -0.889. The van der Waals surface area contributed by atoms with Crippen molar-refractivity contribution in [2.24, 2.45) is 0 Å². The van der Waals surface area contributed by atoms with Gasteiger partial charge in [0.15, 0.2) is 0 Å². The first-order valence-corrected chi connectivity index (χ1v) is 5.49. The van der Waals surface area contributed by atoms with Gasteiger partial charge in [-0.2, -0.15) is 0 Å². The lowest BCUT2D eigenvalue weighted by atomic mass is 10.1. The van der Waals surface area contributed by atoms with Gasteiger partial charge in [0.2, 0.25) is 0 Å². The maximum absolute atomic E-state index is 11.2. The Balaban J connectivity index is 4.70. The van der Waals surface area contributed by atoms with E-state index in [0.29, 0.717) is 6.42 Å². The number of rotatable bonds is 7. The van der Waals surface area contributed by atoms with Crippen LogP contribution >= 0.6 is 0 Å². The van der Waals surface area contributed by atoms with Crippen LogP contribution in [0.3, 0.4) is 0 Å². The molecule has 0 aliphatic carbocycles. The normalized spacial score (nSPS) is 12.9. The zero-order valence-corrected chi connectivity index (χ0v) is 10.4. The maximum atomic E-state index is 11.2. The first-order valence-electron chi connectivity index (χ1n) is 5.49. The maximum Gasteiger partial charge on any atom is 0.320 e. The van der Waals surface area contributed by atoms with E-state index in [0.717, 1.165) is 6.42 Å². The van der Waals surface area contributed by atoms with Gasteiger partial charge in [0.25, 0.3) is 0 Å². The van der Waals surface area contributed by atoms with Crippen molar-refractivity contribution in [1.82, 2.24) is 4.90 Å². The van der Waals surface area contributed by atoms with Crippen LogP contribution in [-0.2, 0) is 14.3 Å². The fourth-order valence-corrected chi connectivity index (χ4v) is 1.57. The SMILES string of the molecule is CCCC(C(=O)O)N(CC(=O)OC)C(C)C. The molecular formula is C11H21NO4. The third kappa shape index (κ3) is 4.61. The molecule has 1 atom stereocenters. The van der Waals surface area contributed by atoms with Gasteiger partial charge in [0.1, 0.15) is 6.04 Å². The van der Waals surface area contributed by atoms with E-state index < -0.39 is 18.0 Å². The van der Waals surface area contributed by atoms with E-state index in [4.69, 9.17) is 5.11 Å². The van der Waals surface area contributed by atoms with Crippen LogP contribution < -0.4 is 0 Å². The molecule has 16 heavy (non-hydrogen) atoms. The van der Waals surface area contributed by atoms with Crippen molar-refractivity contribution < 1.29 is 19.4 Å². The van der Waals surface area contributed by atoms with Crippen LogP contribution in [0.15, 0.2) is 0 Å². The molecule has 0 saturated carbocycles. The third-order valence-corrected chi connectivity index (χ3v) is 2.45. The van der Waals surface area contributed by atoms with Crippen LogP contribution in [0.1, 0.15) is 33.6 Å². The largest absolute Gasteiger partial charge is 0.480 e. The Morgan fingerprint density at radius 3 is 2.25 bits per heavy atom. The number of aliphatic carboxylic acids is 1. The highest BCUT2D eigenvalue weighted by Gasteiger charge is 2.28. The summed E-state index contributed by atoms with van der Waals surface area (Å²) in [5, 5.41) is 9.12. The number of carboxylic acids is 1. The lowest BCUT2D eigenvalue weighted by Gasteiger charge is -2.31. The van der Waals surface area contributed by atoms with Gasteiger partial charge in [-0.15, -0.1) is 0 Å². The summed E-state index contributed by atoms with van der Waals surface area (Å²) in [6.07, 6.45) is 1.30. The molecule has 0 aromatic rings. The van der Waals surface area contributed by atoms with Crippen molar-refractivity contribution in [3.8, 4) is 0 Å². The summed E-state index contributed by atoms with van der Waals surface area (Å²) in [6, 6.07) is -0.629. The molecule has 0 amide bonds. The Hall–Kier alpha value is -1.10. The van der Waals surface area contributed by atoms with Crippen molar-refractivity contribution >= 4 is 11.9 Å². The van der Waals surface area contributed by atoms with E-state index in [2.05, 4.69) is 4.74 Å². The predicted octanol–water partition coefficient (Wildman–Crippen LogP) is 1.12. The zero-order valence-electron chi connectivity index (χ0n) is 10.4. The van der Waals surface area contributed by atoms with E-state index in [1.54, 1.807) is 4.90 Å². The fraction of sp³-hybridized carbons (Fsp3) is 0.818. The molecule has 1 unspecified atom stereocenters. The number of carbonyl (C=O) groups excluding carboxylic acids is 1. The Bertz CT molecular complexity index is 240. The monoisotopic (exact) mass is 231 g/mol. The molecule has 0 fully saturated rings. The summed E-state index contributed by atoms with van der Waals surface area (Å²) in [4.78, 5) is 24.0. The number of ether oxygens (including phenoxy) is 1. The Labute approximate surface area is 96.4 Å². The molecule has 0 radical (unpaired) electrons. The Kier molecular flexibility index (Phi) is 6.72. The first-order chi connectivity index (χ1) is 7.43. The highest BCUT2D eigenvalue weighted by Crippen LogP contribution is 2.11. The molecule has 0 aromatic heterocycles. The van der Waals surface area contributed by atoms with Crippen LogP contribution in [-0.4, -0.2) is 47.7 Å². The van der Waals surface area contributed by atoms with E-state index >= 15 is 0 Å². The third-order valence-electron chi connectivity index (χ3n) is 2.45. The molecule has 5 heteroatoms. The number of carbonyl (C=O) groups is 2. The van der Waals surface area contributed by atoms with Gasteiger partial charge in [-0.05, 0) is 20.3 Å². The number of methoxy groups -OCH3 is 1. The second-order valence-corrected chi connectivity index (χ2v) is 3.98. The van der Waals surface area contributed by atoms with Gasteiger partial charge in [-0.25, -0.2) is 0 Å². The average molecular weight is 231 g/mol. The highest BCUT2D eigenvalue weighted by atomic mass is 16.5. The van der Waals surface area contributed by atoms with Crippen molar-refractivity contribution in [1.29, 1.82) is 0 Å². The van der Waals surface area contributed by atoms with Gasteiger partial charge in [0.05, 0.1) is 13.7 Å². The van der Waals surface area contributed by atoms with Gasteiger partial charge in [0, 0.05) is 6.04 Å². The molecule has 94 valence electrons. The van der Waals surface area contributed by atoms with Crippen LogP contribution in [0.2, 0.25) is 0 Å². The summed E-state index contributed by atoms with van der Waals surface area (Å²) in [5.41, 5.74) is 0. The Morgan fingerprint density at radius 2 is 1.94 bits per heavy atom. The van der Waals surface area contributed by atoms with Gasteiger partial charge in [-0.1, -0.05) is 13.3 Å². The predicted molar refractivity (Wildman–Crippen MR) is 60.2 cm³/mol. The van der Waals surface area contributed by atoms with Crippen molar-refractivity contribution in [3.05, 3.63) is 0 Å². The second-order valence-electron chi connectivity index (χ2n) is 3.98. The number of esters is 1. The van der Waals surface area contributed by atoms with Crippen LogP contribution in [0, 0.1) is 0 Å². The summed E-state index contributed by atoms with van der Waals surface area (Å²) in [7, 11) is 1.30. The number of nitrogens with zero attached hydrogens (tertiary/aromatic N) is 1. The molecule has 0 bridgehead atoms. The van der Waals surface area contributed by atoms with Crippen molar-refractivity contribution in [2.75, 3.05) is 13.7 Å². The van der Waals surface area contributed by atoms with E-state index in [1.807, 2.05) is 20.8 Å². The smallest absolute Gasteiger partial charge is 0.320 e. The van der Waals surface area contributed by atoms with E-state index in [9.17, 15) is 9.59 Å². The molecule has 0 saturated heterocycles. The zero-order chi connectivity index (χ0) is 12.7. The van der Waals surface area contributed by atoms with E-state index in [-0.39, 0.29) is 12.6 Å². The number of hydrogen-bond acceptors (Lipinski definition) is 4. The topological polar surface area (TPSA) is 66.8 Å². The molecule has 0 heterocycles. The van der Waals surface area contributed by atoms with E-state index in [1.165, 1.54) is 7.11 Å². The standard InChI is InChI=1S/C11H21NO4/c1-5-6-9(11(14)15)12(8(2)3)7-10(13)16-4/h8-9H,5-7H2,1-4H3,(H,14,15). The summed E-state index contributed by atoms with van der Waals surface area (Å²) in [6.45, 7) is 5.68. The fourth-order valence-electron chi connectivity index (χ4n) is 1.57. The van der Waals surface area contributed by atoms with Crippen molar-refractivity contribution in [3.63, 3.8) is 0 Å². The molecule has 0 aliphatic rings. The quantitative estimate of drug-likeness (QED) is 0.665. The van der Waals surface area contributed by atoms with Crippen LogP contribution in [0.5, 0.6) is 0 Å². The molecule has 0 aliphatic heterocycles. The minimum absolute atomic E-state index is 0.00764. The van der Waals surface area contributed by atoms with Gasteiger partial charge in [-0.3, -0.25) is 14.5 Å². The first kappa shape index (κ1) is 14.9. The number of carboxylic acid groups (broad SMARTS) is 1. The number of hydrogen-bond donors (Lipinski definition) is 1. The summed E-state index contributed by atoms with van der Waals surface area (Å²) < 4.78 is 4.57. The molecule has 5 nitrogen and oxygen atoms in total. The molecule has 0 spiro atoms. The molecule has 0 rings (SSSR count). The molecule has 0 aromatic carbocycles. The van der Waals surface area contributed by atoms with Crippen LogP contribution in [0.25, 0.3) is 0 Å². The minimum Gasteiger partial charge on any atom is -0.480 e. The highest BCUT2D eigenvalue weighted by molar-refractivity contribution is 5.76.